The van der Waals surface area contributed by atoms with Crippen molar-refractivity contribution >= 4 is 11.6 Å². The lowest BCUT2D eigenvalue weighted by Crippen LogP contribution is -2.32. The summed E-state index contributed by atoms with van der Waals surface area (Å²) >= 11 is 0. The highest BCUT2D eigenvalue weighted by Gasteiger charge is 2.55. The van der Waals surface area contributed by atoms with Crippen LogP contribution in [0, 0.1) is 5.92 Å². The summed E-state index contributed by atoms with van der Waals surface area (Å²) in [7, 11) is 0. The van der Waals surface area contributed by atoms with Gasteiger partial charge in [0.2, 0.25) is 5.79 Å². The van der Waals surface area contributed by atoms with Crippen molar-refractivity contribution in [2.24, 2.45) is 5.92 Å². The molecule has 62 valence electrons. The van der Waals surface area contributed by atoms with Crippen LogP contribution >= 0.6 is 0 Å². The van der Waals surface area contributed by atoms with Crippen molar-refractivity contribution in [1.29, 1.82) is 0 Å². The molecule has 0 aromatic heterocycles. The first-order valence-corrected chi connectivity index (χ1v) is 3.35. The lowest BCUT2D eigenvalue weighted by atomic mass is 9.93. The van der Waals surface area contributed by atoms with E-state index in [0.717, 1.165) is 0 Å². The molecule has 4 heteroatoms. The smallest absolute Gasteiger partial charge is 0.248 e. The van der Waals surface area contributed by atoms with Gasteiger partial charge in [-0.25, -0.2) is 0 Å². The van der Waals surface area contributed by atoms with Gasteiger partial charge in [0.05, 0.1) is 0 Å². The van der Waals surface area contributed by atoms with E-state index in [1.807, 2.05) is 0 Å². The molecule has 0 saturated carbocycles. The first kappa shape index (κ1) is 8.36. The highest BCUT2D eigenvalue weighted by atomic mass is 17.4. The molecule has 1 aliphatic rings. The SMILES string of the molecule is CC(=O)C(C(C)=O)C1(C)OO1. The van der Waals surface area contributed by atoms with Crippen LogP contribution in [0.2, 0.25) is 0 Å². The van der Waals surface area contributed by atoms with E-state index in [4.69, 9.17) is 0 Å². The van der Waals surface area contributed by atoms with Crippen LogP contribution in [0.4, 0.5) is 0 Å². The molecule has 11 heavy (non-hydrogen) atoms. The molecule has 1 fully saturated rings. The van der Waals surface area contributed by atoms with Gasteiger partial charge in [0.15, 0.2) is 0 Å². The van der Waals surface area contributed by atoms with Gasteiger partial charge in [-0.15, -0.1) is 0 Å². The fourth-order valence-corrected chi connectivity index (χ4v) is 1.19. The second kappa shape index (κ2) is 2.39. The molecule has 4 nitrogen and oxygen atoms in total. The quantitative estimate of drug-likeness (QED) is 0.340. The highest BCUT2D eigenvalue weighted by molar-refractivity contribution is 6.01. The van der Waals surface area contributed by atoms with Gasteiger partial charge in [0.1, 0.15) is 17.5 Å². The van der Waals surface area contributed by atoms with Crippen LogP contribution in [-0.2, 0) is 19.4 Å². The van der Waals surface area contributed by atoms with E-state index in [2.05, 4.69) is 9.78 Å². The minimum Gasteiger partial charge on any atom is -0.299 e. The van der Waals surface area contributed by atoms with E-state index in [9.17, 15) is 9.59 Å². The standard InChI is InChI=1S/C7H10O4/c1-4(8)6(5(2)9)7(3)10-11-7/h6H,1-3H3. The number of hydrogen-bond acceptors (Lipinski definition) is 4. The van der Waals surface area contributed by atoms with Crippen LogP contribution in [0.15, 0.2) is 0 Å². The van der Waals surface area contributed by atoms with Gasteiger partial charge in [-0.3, -0.25) is 9.59 Å². The number of rotatable bonds is 3. The molecule has 0 atom stereocenters. The third kappa shape index (κ3) is 1.46. The molecule has 0 aromatic rings. The topological polar surface area (TPSA) is 59.2 Å². The average molecular weight is 158 g/mol. The summed E-state index contributed by atoms with van der Waals surface area (Å²) in [6.45, 7) is 4.27. The van der Waals surface area contributed by atoms with E-state index >= 15 is 0 Å². The van der Waals surface area contributed by atoms with Gasteiger partial charge in [-0.05, 0) is 20.8 Å². The Balaban J connectivity index is 2.76. The van der Waals surface area contributed by atoms with Crippen molar-refractivity contribution in [3.63, 3.8) is 0 Å². The van der Waals surface area contributed by atoms with Crippen molar-refractivity contribution in [1.82, 2.24) is 0 Å². The lowest BCUT2D eigenvalue weighted by molar-refractivity contribution is -0.133. The van der Waals surface area contributed by atoms with E-state index in [1.54, 1.807) is 6.92 Å². The van der Waals surface area contributed by atoms with E-state index in [0.29, 0.717) is 0 Å². The average Bonchev–Trinajstić information content (AvgIpc) is 2.44. The van der Waals surface area contributed by atoms with Crippen molar-refractivity contribution in [3.8, 4) is 0 Å². The predicted molar refractivity (Wildman–Crippen MR) is 35.4 cm³/mol. The molecule has 1 aliphatic heterocycles. The minimum atomic E-state index is -0.988. The molecule has 1 rings (SSSR count). The van der Waals surface area contributed by atoms with Crippen LogP contribution < -0.4 is 0 Å². The zero-order valence-corrected chi connectivity index (χ0v) is 6.71. The fraction of sp³-hybridized carbons (Fsp3) is 0.714. The molecular weight excluding hydrogens is 148 g/mol. The summed E-state index contributed by atoms with van der Waals surface area (Å²) in [5.74, 6) is -2.21. The van der Waals surface area contributed by atoms with Gasteiger partial charge < -0.3 is 0 Å². The Morgan fingerprint density at radius 3 is 1.64 bits per heavy atom. The lowest BCUT2D eigenvalue weighted by Gasteiger charge is -2.08. The second-order valence-corrected chi connectivity index (χ2v) is 2.84. The Hall–Kier alpha value is -0.740. The molecule has 0 N–H and O–H groups in total. The van der Waals surface area contributed by atoms with E-state index < -0.39 is 11.7 Å². The van der Waals surface area contributed by atoms with Crippen LogP contribution in [0.3, 0.4) is 0 Å². The van der Waals surface area contributed by atoms with Gasteiger partial charge in [0, 0.05) is 0 Å². The van der Waals surface area contributed by atoms with Gasteiger partial charge >= 0.3 is 0 Å². The molecule has 1 saturated heterocycles. The molecule has 0 bridgehead atoms. The second-order valence-electron chi connectivity index (χ2n) is 2.84. The molecule has 0 unspecified atom stereocenters. The predicted octanol–water partition coefficient (Wildman–Crippen LogP) is 0.459. The number of hydrogen-bond donors (Lipinski definition) is 0. The van der Waals surface area contributed by atoms with Crippen molar-refractivity contribution in [2.45, 2.75) is 26.6 Å². The zero-order valence-electron chi connectivity index (χ0n) is 6.71. The first-order valence-electron chi connectivity index (χ1n) is 3.35. The maximum atomic E-state index is 10.9. The molecular formula is C7H10O4. The molecule has 1 heterocycles. The Bertz CT molecular complexity index is 190. The number of carbonyl (C=O) groups is 2. The Morgan fingerprint density at radius 2 is 1.55 bits per heavy atom. The largest absolute Gasteiger partial charge is 0.299 e. The summed E-state index contributed by atoms with van der Waals surface area (Å²) in [5, 5.41) is 0. The van der Waals surface area contributed by atoms with Crippen LogP contribution in [0.1, 0.15) is 20.8 Å². The van der Waals surface area contributed by atoms with Crippen molar-refractivity contribution in [3.05, 3.63) is 0 Å². The van der Waals surface area contributed by atoms with Crippen molar-refractivity contribution < 1.29 is 19.4 Å². The van der Waals surface area contributed by atoms with E-state index in [1.165, 1.54) is 13.8 Å². The minimum absolute atomic E-state index is 0.225. The van der Waals surface area contributed by atoms with Crippen LogP contribution in [0.5, 0.6) is 0 Å². The number of carbonyl (C=O) groups excluding carboxylic acids is 2. The summed E-state index contributed by atoms with van der Waals surface area (Å²) in [4.78, 5) is 30.9. The van der Waals surface area contributed by atoms with Crippen molar-refractivity contribution in [2.75, 3.05) is 0 Å². The van der Waals surface area contributed by atoms with Gasteiger partial charge in [-0.1, -0.05) is 0 Å². The first-order chi connectivity index (χ1) is 4.97. The third-order valence-electron chi connectivity index (χ3n) is 1.68. The van der Waals surface area contributed by atoms with E-state index in [-0.39, 0.29) is 11.6 Å². The van der Waals surface area contributed by atoms with Gasteiger partial charge in [0.25, 0.3) is 0 Å². The zero-order chi connectivity index (χ0) is 8.65. The molecule has 0 spiro atoms. The summed E-state index contributed by atoms with van der Waals surface area (Å²) in [5.41, 5.74) is 0. The normalized spacial score (nSPS) is 20.0. The monoisotopic (exact) mass is 158 g/mol. The number of ketones is 2. The maximum Gasteiger partial charge on any atom is 0.248 e. The number of Topliss-reactive ketones (excluding diaryl/α,β-unsaturated/α-hetero) is 2. The summed E-state index contributed by atoms with van der Waals surface area (Å²) in [6.07, 6.45) is 0. The molecule has 0 radical (unpaired) electrons. The highest BCUT2D eigenvalue weighted by Crippen LogP contribution is 2.37. The Labute approximate surface area is 64.4 Å². The Morgan fingerprint density at radius 1 is 1.18 bits per heavy atom. The van der Waals surface area contributed by atoms with Gasteiger partial charge in [-0.2, -0.15) is 9.78 Å². The fourth-order valence-electron chi connectivity index (χ4n) is 1.19. The molecule has 0 amide bonds. The third-order valence-corrected chi connectivity index (χ3v) is 1.68. The maximum absolute atomic E-state index is 10.9. The molecule has 0 aliphatic carbocycles. The van der Waals surface area contributed by atoms with Crippen LogP contribution in [0.25, 0.3) is 0 Å². The Kier molecular flexibility index (Phi) is 1.82. The summed E-state index contributed by atoms with van der Waals surface area (Å²) in [6, 6.07) is 0. The molecule has 0 aromatic carbocycles. The summed E-state index contributed by atoms with van der Waals surface area (Å²) < 4.78 is 0. The van der Waals surface area contributed by atoms with Crippen LogP contribution in [-0.4, -0.2) is 17.4 Å².